The second kappa shape index (κ2) is 11.9. The van der Waals surface area contributed by atoms with E-state index in [2.05, 4.69) is 50.9 Å². The molecule has 8 heteroatoms. The number of amides is 2. The second-order valence-corrected chi connectivity index (χ2v) is 9.93. The molecule has 8 nitrogen and oxygen atoms in total. The van der Waals surface area contributed by atoms with Crippen LogP contribution >= 0.6 is 0 Å². The third-order valence-corrected chi connectivity index (χ3v) is 7.22. The maximum atomic E-state index is 13.2. The number of pyridine rings is 1. The van der Waals surface area contributed by atoms with Crippen molar-refractivity contribution in [3.63, 3.8) is 0 Å². The summed E-state index contributed by atoms with van der Waals surface area (Å²) in [6.45, 7) is 1.34. The average Bonchev–Trinajstić information content (AvgIpc) is 3.44. The minimum Gasteiger partial charge on any atom is -0.370 e. The highest BCUT2D eigenvalue weighted by Gasteiger charge is 2.21. The monoisotopic (exact) mass is 510 g/mol. The van der Waals surface area contributed by atoms with Gasteiger partial charge in [0.1, 0.15) is 11.6 Å². The maximum Gasteiger partial charge on any atom is 0.251 e. The largest absolute Gasteiger partial charge is 0.370 e. The SMILES string of the molecule is NC(=O)CCCCCC(CNC(=O)c1ccnc2c1CCCN2)c1ncc(-c2ccc3ccccc3c2)[nH]1. The van der Waals surface area contributed by atoms with Gasteiger partial charge in [0.05, 0.1) is 11.9 Å². The molecule has 0 bridgehead atoms. The van der Waals surface area contributed by atoms with Gasteiger partial charge >= 0.3 is 0 Å². The third kappa shape index (κ3) is 6.02. The van der Waals surface area contributed by atoms with Gasteiger partial charge in [-0.25, -0.2) is 9.97 Å². The number of nitrogens with two attached hydrogens (primary N) is 1. The van der Waals surface area contributed by atoms with Crippen LogP contribution in [0, 0.1) is 0 Å². The van der Waals surface area contributed by atoms with Crippen molar-refractivity contribution in [2.45, 2.75) is 50.9 Å². The number of unbranched alkanes of at least 4 members (excludes halogenated alkanes) is 2. The van der Waals surface area contributed by atoms with Gasteiger partial charge in [0.2, 0.25) is 5.91 Å². The molecule has 0 saturated carbocycles. The number of H-pyrrole nitrogens is 1. The van der Waals surface area contributed by atoms with Crippen LogP contribution < -0.4 is 16.4 Å². The molecule has 2 aromatic heterocycles. The van der Waals surface area contributed by atoms with E-state index in [1.54, 1.807) is 12.3 Å². The number of hydrogen-bond acceptors (Lipinski definition) is 5. The van der Waals surface area contributed by atoms with Crippen LogP contribution in [0.3, 0.4) is 0 Å². The van der Waals surface area contributed by atoms with Crippen LogP contribution in [0.25, 0.3) is 22.0 Å². The Bertz CT molecular complexity index is 1430. The first-order valence-corrected chi connectivity index (χ1v) is 13.4. The molecule has 196 valence electrons. The summed E-state index contributed by atoms with van der Waals surface area (Å²) >= 11 is 0. The van der Waals surface area contributed by atoms with E-state index < -0.39 is 0 Å². The first kappa shape index (κ1) is 25.4. The molecule has 0 fully saturated rings. The van der Waals surface area contributed by atoms with Crippen molar-refractivity contribution < 1.29 is 9.59 Å². The Hall–Kier alpha value is -4.20. The Labute approximate surface area is 222 Å². The van der Waals surface area contributed by atoms with Gasteiger partial charge in [-0.2, -0.15) is 0 Å². The topological polar surface area (TPSA) is 126 Å². The van der Waals surface area contributed by atoms with Gasteiger partial charge < -0.3 is 21.4 Å². The van der Waals surface area contributed by atoms with Crippen molar-refractivity contribution in [2.24, 2.45) is 5.73 Å². The van der Waals surface area contributed by atoms with Crippen LogP contribution in [0.5, 0.6) is 0 Å². The van der Waals surface area contributed by atoms with Crippen LogP contribution in [0.4, 0.5) is 5.82 Å². The molecule has 2 amide bonds. The fourth-order valence-corrected chi connectivity index (χ4v) is 5.14. The summed E-state index contributed by atoms with van der Waals surface area (Å²) in [6.07, 6.45) is 9.19. The smallest absolute Gasteiger partial charge is 0.251 e. The summed E-state index contributed by atoms with van der Waals surface area (Å²) in [5.41, 5.74) is 8.98. The lowest BCUT2D eigenvalue weighted by atomic mass is 9.98. The molecule has 0 aliphatic carbocycles. The number of aromatic nitrogens is 3. The lowest BCUT2D eigenvalue weighted by molar-refractivity contribution is -0.118. The number of nitrogens with zero attached hydrogens (tertiary/aromatic N) is 2. The highest BCUT2D eigenvalue weighted by atomic mass is 16.2. The van der Waals surface area contributed by atoms with E-state index in [0.717, 1.165) is 73.5 Å². The number of carbonyl (C=O) groups is 2. The number of primary amides is 1. The molecule has 0 spiro atoms. The van der Waals surface area contributed by atoms with Crippen molar-refractivity contribution in [3.05, 3.63) is 77.9 Å². The third-order valence-electron chi connectivity index (χ3n) is 7.22. The number of aromatic amines is 1. The number of imidazole rings is 1. The summed E-state index contributed by atoms with van der Waals surface area (Å²) in [5.74, 6) is 1.31. The van der Waals surface area contributed by atoms with Crippen LogP contribution in [0.2, 0.25) is 0 Å². The van der Waals surface area contributed by atoms with Gasteiger partial charge in [-0.05, 0) is 48.6 Å². The molecule has 5 rings (SSSR count). The Morgan fingerprint density at radius 1 is 1.03 bits per heavy atom. The van der Waals surface area contributed by atoms with Gasteiger partial charge in [-0.3, -0.25) is 9.59 Å². The predicted octanol–water partition coefficient (Wildman–Crippen LogP) is 4.93. The highest BCUT2D eigenvalue weighted by molar-refractivity contribution is 5.97. The molecule has 1 unspecified atom stereocenters. The Morgan fingerprint density at radius 3 is 2.76 bits per heavy atom. The van der Waals surface area contributed by atoms with Crippen molar-refractivity contribution in [1.82, 2.24) is 20.3 Å². The number of nitrogens with one attached hydrogen (secondary N) is 3. The molecule has 1 aliphatic heterocycles. The Morgan fingerprint density at radius 2 is 1.89 bits per heavy atom. The standard InChI is InChI=1S/C30H34N6O2/c31-27(37)11-3-1-2-9-23(18-35-30(38)25-14-16-33-29-24(25)10-6-15-32-29)28-34-19-26(36-28)22-13-12-20-7-4-5-8-21(20)17-22/h4-5,7-8,12-14,16-17,19,23H,1-3,6,9-11,15,18H2,(H2,31,37)(H,32,33)(H,34,36)(H,35,38). The second-order valence-electron chi connectivity index (χ2n) is 9.93. The lowest BCUT2D eigenvalue weighted by Crippen LogP contribution is -2.30. The summed E-state index contributed by atoms with van der Waals surface area (Å²) < 4.78 is 0. The molecular formula is C30H34N6O2. The zero-order chi connectivity index (χ0) is 26.3. The van der Waals surface area contributed by atoms with E-state index >= 15 is 0 Å². The Kier molecular flexibility index (Phi) is 7.97. The Balaban J connectivity index is 1.31. The summed E-state index contributed by atoms with van der Waals surface area (Å²) in [7, 11) is 0. The van der Waals surface area contributed by atoms with Crippen molar-refractivity contribution in [2.75, 3.05) is 18.4 Å². The van der Waals surface area contributed by atoms with E-state index in [-0.39, 0.29) is 17.7 Å². The van der Waals surface area contributed by atoms with Gasteiger partial charge in [-0.15, -0.1) is 0 Å². The molecule has 3 heterocycles. The number of fused-ring (bicyclic) bond motifs is 2. The summed E-state index contributed by atoms with van der Waals surface area (Å²) in [5, 5.41) is 8.81. The zero-order valence-electron chi connectivity index (χ0n) is 21.5. The number of benzene rings is 2. The lowest BCUT2D eigenvalue weighted by Gasteiger charge is -2.20. The molecule has 0 saturated heterocycles. The minimum absolute atomic E-state index is 0.0116. The van der Waals surface area contributed by atoms with E-state index in [1.807, 2.05) is 18.3 Å². The molecule has 2 aromatic carbocycles. The van der Waals surface area contributed by atoms with E-state index in [1.165, 1.54) is 10.8 Å². The quantitative estimate of drug-likeness (QED) is 0.213. The van der Waals surface area contributed by atoms with Crippen LogP contribution in [-0.4, -0.2) is 39.9 Å². The molecular weight excluding hydrogens is 476 g/mol. The number of anilines is 1. The highest BCUT2D eigenvalue weighted by Crippen LogP contribution is 2.27. The molecule has 1 aliphatic rings. The number of hydrogen-bond donors (Lipinski definition) is 4. The van der Waals surface area contributed by atoms with Gasteiger partial charge in [0.15, 0.2) is 0 Å². The van der Waals surface area contributed by atoms with E-state index in [9.17, 15) is 9.59 Å². The predicted molar refractivity (Wildman–Crippen MR) is 150 cm³/mol. The maximum absolute atomic E-state index is 13.2. The summed E-state index contributed by atoms with van der Waals surface area (Å²) in [6, 6.07) is 16.5. The zero-order valence-corrected chi connectivity index (χ0v) is 21.5. The van der Waals surface area contributed by atoms with E-state index in [4.69, 9.17) is 10.7 Å². The molecule has 4 aromatic rings. The van der Waals surface area contributed by atoms with Crippen molar-refractivity contribution >= 4 is 28.4 Å². The minimum atomic E-state index is -0.268. The molecule has 38 heavy (non-hydrogen) atoms. The number of rotatable bonds is 11. The van der Waals surface area contributed by atoms with Crippen LogP contribution in [0.15, 0.2) is 60.9 Å². The summed E-state index contributed by atoms with van der Waals surface area (Å²) in [4.78, 5) is 36.9. The molecule has 0 radical (unpaired) electrons. The fraction of sp³-hybridized carbons (Fsp3) is 0.333. The molecule has 1 atom stereocenters. The van der Waals surface area contributed by atoms with Gasteiger partial charge in [0, 0.05) is 48.3 Å². The fourth-order valence-electron chi connectivity index (χ4n) is 5.14. The molecule has 5 N–H and O–H groups in total. The van der Waals surface area contributed by atoms with Crippen molar-refractivity contribution in [1.29, 1.82) is 0 Å². The number of carbonyl (C=O) groups excluding carboxylic acids is 2. The first-order chi connectivity index (χ1) is 18.6. The first-order valence-electron chi connectivity index (χ1n) is 13.4. The normalized spacial score (nSPS) is 13.5. The van der Waals surface area contributed by atoms with Gasteiger partial charge in [0.25, 0.3) is 5.91 Å². The van der Waals surface area contributed by atoms with Crippen molar-refractivity contribution in [3.8, 4) is 11.3 Å². The van der Waals surface area contributed by atoms with Gasteiger partial charge in [-0.1, -0.05) is 49.2 Å². The van der Waals surface area contributed by atoms with Crippen LogP contribution in [-0.2, 0) is 11.2 Å². The van der Waals surface area contributed by atoms with Crippen LogP contribution in [0.1, 0.15) is 66.2 Å². The van der Waals surface area contributed by atoms with E-state index in [0.29, 0.717) is 18.5 Å². The average molecular weight is 511 g/mol.